The number of piperidine rings is 2. The molecule has 0 aromatic heterocycles. The minimum absolute atomic E-state index is 0.403. The summed E-state index contributed by atoms with van der Waals surface area (Å²) < 4.78 is 10.8. The van der Waals surface area contributed by atoms with Crippen LogP contribution in [-0.4, -0.2) is 68.9 Å². The van der Waals surface area contributed by atoms with Gasteiger partial charge in [-0.25, -0.2) is 4.79 Å². The van der Waals surface area contributed by atoms with E-state index in [4.69, 9.17) is 9.47 Å². The van der Waals surface area contributed by atoms with Crippen molar-refractivity contribution in [1.29, 1.82) is 0 Å². The lowest BCUT2D eigenvalue weighted by atomic mass is 9.87. The maximum absolute atomic E-state index is 11.9. The number of benzene rings is 1. The SMILES string of the molecule is CCCCOC(=O)Nc1ccc(C2CCN(C3CCN(C)CC3)CC2)c(OC)c1. The number of unbranched alkanes of at least 4 members (excludes halogenated alkanes) is 1. The third-order valence-electron chi connectivity index (χ3n) is 6.38. The maximum Gasteiger partial charge on any atom is 0.411 e. The van der Waals surface area contributed by atoms with Crippen molar-refractivity contribution in [3.8, 4) is 5.75 Å². The predicted octanol–water partition coefficient (Wildman–Crippen LogP) is 4.32. The summed E-state index contributed by atoms with van der Waals surface area (Å²) in [5.41, 5.74) is 1.97. The van der Waals surface area contributed by atoms with E-state index >= 15 is 0 Å². The molecule has 0 unspecified atom stereocenters. The average molecular weight is 404 g/mol. The van der Waals surface area contributed by atoms with Gasteiger partial charge in [-0.3, -0.25) is 5.32 Å². The summed E-state index contributed by atoms with van der Waals surface area (Å²) >= 11 is 0. The molecule has 1 aromatic rings. The molecule has 2 saturated heterocycles. The standard InChI is InChI=1S/C23H37N3O3/c1-4-5-16-29-23(27)24-19-6-7-21(22(17-19)28-3)18-8-14-26(15-9-18)20-10-12-25(2)13-11-20/h6-7,17-18,20H,4-5,8-16H2,1-3H3,(H,24,27). The first-order valence-corrected chi connectivity index (χ1v) is 11.1. The fraction of sp³-hybridized carbons (Fsp3) is 0.696. The number of methoxy groups -OCH3 is 1. The Balaban J connectivity index is 1.55. The van der Waals surface area contributed by atoms with Crippen LogP contribution in [0.15, 0.2) is 18.2 Å². The molecule has 1 aromatic carbocycles. The monoisotopic (exact) mass is 403 g/mol. The second-order valence-corrected chi connectivity index (χ2v) is 8.42. The van der Waals surface area contributed by atoms with Crippen LogP contribution in [0.4, 0.5) is 10.5 Å². The Kier molecular flexibility index (Phi) is 8.19. The summed E-state index contributed by atoms with van der Waals surface area (Å²) in [4.78, 5) is 17.0. The summed E-state index contributed by atoms with van der Waals surface area (Å²) in [6.45, 7) is 7.27. The number of rotatable bonds is 7. The zero-order valence-corrected chi connectivity index (χ0v) is 18.3. The van der Waals surface area contributed by atoms with Gasteiger partial charge in [-0.1, -0.05) is 19.4 Å². The summed E-state index contributed by atoms with van der Waals surface area (Å²) in [6, 6.07) is 6.73. The first kappa shape index (κ1) is 21.9. The van der Waals surface area contributed by atoms with E-state index in [-0.39, 0.29) is 0 Å². The van der Waals surface area contributed by atoms with E-state index in [0.29, 0.717) is 12.5 Å². The molecule has 2 heterocycles. The van der Waals surface area contributed by atoms with Gasteiger partial charge >= 0.3 is 6.09 Å². The number of likely N-dealkylation sites (tertiary alicyclic amines) is 2. The molecule has 0 radical (unpaired) electrons. The first-order chi connectivity index (χ1) is 14.1. The molecule has 0 aliphatic carbocycles. The quantitative estimate of drug-likeness (QED) is 0.687. The second-order valence-electron chi connectivity index (χ2n) is 8.42. The fourth-order valence-electron chi connectivity index (χ4n) is 4.53. The molecule has 1 N–H and O–H groups in total. The fourth-order valence-corrected chi connectivity index (χ4v) is 4.53. The molecular formula is C23H37N3O3. The van der Waals surface area contributed by atoms with Gasteiger partial charge in [-0.05, 0) is 82.9 Å². The largest absolute Gasteiger partial charge is 0.496 e. The lowest BCUT2D eigenvalue weighted by Crippen LogP contribution is -2.46. The Morgan fingerprint density at radius 2 is 1.86 bits per heavy atom. The van der Waals surface area contributed by atoms with E-state index in [0.717, 1.165) is 56.3 Å². The Morgan fingerprint density at radius 3 is 2.52 bits per heavy atom. The molecule has 0 saturated carbocycles. The number of ether oxygens (including phenoxy) is 2. The zero-order chi connectivity index (χ0) is 20.6. The van der Waals surface area contributed by atoms with Gasteiger partial charge in [0.1, 0.15) is 5.75 Å². The van der Waals surface area contributed by atoms with Crippen LogP contribution in [-0.2, 0) is 4.74 Å². The predicted molar refractivity (Wildman–Crippen MR) is 117 cm³/mol. The number of carbonyl (C=O) groups is 1. The summed E-state index contributed by atoms with van der Waals surface area (Å²) in [5.74, 6) is 1.37. The van der Waals surface area contributed by atoms with Crippen molar-refractivity contribution >= 4 is 11.8 Å². The molecule has 0 bridgehead atoms. The van der Waals surface area contributed by atoms with Crippen molar-refractivity contribution < 1.29 is 14.3 Å². The third kappa shape index (κ3) is 6.09. The molecule has 0 atom stereocenters. The van der Waals surface area contributed by atoms with Gasteiger partial charge in [0.15, 0.2) is 0 Å². The van der Waals surface area contributed by atoms with E-state index in [1.165, 1.54) is 31.5 Å². The molecule has 3 rings (SSSR count). The van der Waals surface area contributed by atoms with Crippen LogP contribution in [0.1, 0.15) is 56.9 Å². The molecule has 162 valence electrons. The first-order valence-electron chi connectivity index (χ1n) is 11.1. The van der Waals surface area contributed by atoms with Crippen LogP contribution in [0.25, 0.3) is 0 Å². The molecule has 2 aliphatic rings. The molecule has 0 spiro atoms. The minimum Gasteiger partial charge on any atom is -0.496 e. The molecule has 6 nitrogen and oxygen atoms in total. The number of anilines is 1. The topological polar surface area (TPSA) is 54.0 Å². The number of carbonyl (C=O) groups excluding carboxylic acids is 1. The molecule has 1 amide bonds. The van der Waals surface area contributed by atoms with Gasteiger partial charge in [0.05, 0.1) is 13.7 Å². The molecule has 6 heteroatoms. The molecule has 2 fully saturated rings. The molecular weight excluding hydrogens is 366 g/mol. The highest BCUT2D eigenvalue weighted by Gasteiger charge is 2.29. The zero-order valence-electron chi connectivity index (χ0n) is 18.3. The van der Waals surface area contributed by atoms with Crippen molar-refractivity contribution in [3.05, 3.63) is 23.8 Å². The van der Waals surface area contributed by atoms with Gasteiger partial charge in [0, 0.05) is 17.8 Å². The highest BCUT2D eigenvalue weighted by Crippen LogP contribution is 2.37. The van der Waals surface area contributed by atoms with Gasteiger partial charge in [0.25, 0.3) is 0 Å². The highest BCUT2D eigenvalue weighted by molar-refractivity contribution is 5.85. The average Bonchev–Trinajstić information content (AvgIpc) is 2.74. The number of amides is 1. The smallest absolute Gasteiger partial charge is 0.411 e. The maximum atomic E-state index is 11.9. The normalized spacial score (nSPS) is 19.8. The number of hydrogen-bond donors (Lipinski definition) is 1. The van der Waals surface area contributed by atoms with Crippen molar-refractivity contribution in [2.75, 3.05) is 52.3 Å². The van der Waals surface area contributed by atoms with Gasteiger partial charge < -0.3 is 19.3 Å². The summed E-state index contributed by atoms with van der Waals surface area (Å²) in [6.07, 6.45) is 6.39. The highest BCUT2D eigenvalue weighted by atomic mass is 16.5. The summed E-state index contributed by atoms with van der Waals surface area (Å²) in [7, 11) is 3.92. The Hall–Kier alpha value is -1.79. The van der Waals surface area contributed by atoms with E-state index < -0.39 is 6.09 Å². The van der Waals surface area contributed by atoms with E-state index in [1.807, 2.05) is 12.1 Å². The minimum atomic E-state index is -0.403. The van der Waals surface area contributed by atoms with Crippen LogP contribution < -0.4 is 10.1 Å². The lowest BCUT2D eigenvalue weighted by molar-refractivity contribution is 0.0963. The van der Waals surface area contributed by atoms with E-state index in [2.05, 4.69) is 35.2 Å². The van der Waals surface area contributed by atoms with Crippen LogP contribution >= 0.6 is 0 Å². The second kappa shape index (κ2) is 10.8. The molecule has 2 aliphatic heterocycles. The van der Waals surface area contributed by atoms with Crippen LogP contribution in [0.5, 0.6) is 5.75 Å². The van der Waals surface area contributed by atoms with Gasteiger partial charge in [0.2, 0.25) is 0 Å². The lowest BCUT2D eigenvalue weighted by Gasteiger charge is -2.41. The van der Waals surface area contributed by atoms with Crippen LogP contribution in [0.2, 0.25) is 0 Å². The van der Waals surface area contributed by atoms with Crippen molar-refractivity contribution in [1.82, 2.24) is 9.80 Å². The summed E-state index contributed by atoms with van der Waals surface area (Å²) in [5, 5.41) is 2.81. The van der Waals surface area contributed by atoms with Gasteiger partial charge in [-0.15, -0.1) is 0 Å². The number of nitrogens with zero attached hydrogens (tertiary/aromatic N) is 2. The van der Waals surface area contributed by atoms with Crippen LogP contribution in [0, 0.1) is 0 Å². The van der Waals surface area contributed by atoms with Crippen molar-refractivity contribution in [3.63, 3.8) is 0 Å². The van der Waals surface area contributed by atoms with Crippen LogP contribution in [0.3, 0.4) is 0 Å². The Labute approximate surface area is 175 Å². The number of hydrogen-bond acceptors (Lipinski definition) is 5. The Morgan fingerprint density at radius 1 is 1.14 bits per heavy atom. The van der Waals surface area contributed by atoms with Crippen molar-refractivity contribution in [2.24, 2.45) is 0 Å². The van der Waals surface area contributed by atoms with E-state index in [9.17, 15) is 4.79 Å². The molecule has 29 heavy (non-hydrogen) atoms. The number of nitrogens with one attached hydrogen (secondary N) is 1. The van der Waals surface area contributed by atoms with Crippen molar-refractivity contribution in [2.45, 2.75) is 57.4 Å². The van der Waals surface area contributed by atoms with Gasteiger partial charge in [-0.2, -0.15) is 0 Å². The Bertz CT molecular complexity index is 651. The third-order valence-corrected chi connectivity index (χ3v) is 6.38. The van der Waals surface area contributed by atoms with E-state index in [1.54, 1.807) is 7.11 Å².